The first-order valence-corrected chi connectivity index (χ1v) is 7.21. The number of nitrogens with one attached hydrogen (secondary N) is 2. The van der Waals surface area contributed by atoms with Crippen LogP contribution in [0.25, 0.3) is 0 Å². The Labute approximate surface area is 137 Å². The zero-order valence-corrected chi connectivity index (χ0v) is 12.6. The SMILES string of the molecule is O=C(Nc1ccccc1C(=O)NCc1ccco1)c1cnccn1. The first-order valence-electron chi connectivity index (χ1n) is 7.21. The zero-order valence-electron chi connectivity index (χ0n) is 12.6. The van der Waals surface area contributed by atoms with Gasteiger partial charge in [0.2, 0.25) is 0 Å². The second kappa shape index (κ2) is 7.19. The molecule has 1 aromatic carbocycles. The Balaban J connectivity index is 1.72. The lowest BCUT2D eigenvalue weighted by Crippen LogP contribution is -2.24. The highest BCUT2D eigenvalue weighted by molar-refractivity contribution is 6.08. The summed E-state index contributed by atoms with van der Waals surface area (Å²) >= 11 is 0. The van der Waals surface area contributed by atoms with Gasteiger partial charge in [-0.25, -0.2) is 4.98 Å². The highest BCUT2D eigenvalue weighted by Crippen LogP contribution is 2.16. The number of rotatable bonds is 5. The fraction of sp³-hybridized carbons (Fsp3) is 0.0588. The van der Waals surface area contributed by atoms with Crippen molar-refractivity contribution in [3.8, 4) is 0 Å². The molecule has 0 atom stereocenters. The van der Waals surface area contributed by atoms with Crippen LogP contribution >= 0.6 is 0 Å². The van der Waals surface area contributed by atoms with Crippen LogP contribution in [-0.2, 0) is 6.54 Å². The van der Waals surface area contributed by atoms with Crippen LogP contribution in [0.2, 0.25) is 0 Å². The lowest BCUT2D eigenvalue weighted by atomic mass is 10.1. The van der Waals surface area contributed by atoms with Gasteiger partial charge in [0.25, 0.3) is 11.8 Å². The Morgan fingerprint density at radius 2 is 1.92 bits per heavy atom. The Morgan fingerprint density at radius 3 is 2.67 bits per heavy atom. The molecule has 120 valence electrons. The Hall–Kier alpha value is -3.48. The molecule has 0 unspecified atom stereocenters. The van der Waals surface area contributed by atoms with Crippen LogP contribution in [-0.4, -0.2) is 21.8 Å². The van der Waals surface area contributed by atoms with Crippen LogP contribution in [0, 0.1) is 0 Å². The largest absolute Gasteiger partial charge is 0.467 e. The number of carbonyl (C=O) groups excluding carboxylic acids is 2. The molecule has 0 saturated heterocycles. The molecular formula is C17H14N4O3. The van der Waals surface area contributed by atoms with Gasteiger partial charge in [-0.05, 0) is 24.3 Å². The molecule has 2 amide bonds. The van der Waals surface area contributed by atoms with Crippen LogP contribution < -0.4 is 10.6 Å². The summed E-state index contributed by atoms with van der Waals surface area (Å²) in [6.07, 6.45) is 5.80. The molecule has 3 aromatic rings. The van der Waals surface area contributed by atoms with Crippen molar-refractivity contribution in [2.24, 2.45) is 0 Å². The van der Waals surface area contributed by atoms with Crippen molar-refractivity contribution < 1.29 is 14.0 Å². The third-order valence-corrected chi connectivity index (χ3v) is 3.22. The average molecular weight is 322 g/mol. The lowest BCUT2D eigenvalue weighted by Gasteiger charge is -2.10. The maximum Gasteiger partial charge on any atom is 0.275 e. The van der Waals surface area contributed by atoms with Crippen LogP contribution in [0.15, 0.2) is 65.7 Å². The molecule has 0 bridgehead atoms. The fourth-order valence-corrected chi connectivity index (χ4v) is 2.07. The molecule has 0 radical (unpaired) electrons. The molecule has 2 heterocycles. The predicted octanol–water partition coefficient (Wildman–Crippen LogP) is 2.25. The zero-order chi connectivity index (χ0) is 16.8. The van der Waals surface area contributed by atoms with Crippen LogP contribution in [0.5, 0.6) is 0 Å². The van der Waals surface area contributed by atoms with Gasteiger partial charge in [-0.1, -0.05) is 12.1 Å². The first-order chi connectivity index (χ1) is 11.7. The molecular weight excluding hydrogens is 308 g/mol. The molecule has 0 spiro atoms. The topological polar surface area (TPSA) is 97.1 Å². The maximum absolute atomic E-state index is 12.3. The summed E-state index contributed by atoms with van der Waals surface area (Å²) in [5.74, 6) is -0.111. The van der Waals surface area contributed by atoms with E-state index in [1.54, 1.807) is 36.4 Å². The summed E-state index contributed by atoms with van der Waals surface area (Å²) < 4.78 is 5.17. The molecule has 2 N–H and O–H groups in total. The van der Waals surface area contributed by atoms with E-state index < -0.39 is 5.91 Å². The van der Waals surface area contributed by atoms with Crippen molar-refractivity contribution >= 4 is 17.5 Å². The monoisotopic (exact) mass is 322 g/mol. The summed E-state index contributed by atoms with van der Waals surface area (Å²) in [6, 6.07) is 10.2. The molecule has 2 aromatic heterocycles. The van der Waals surface area contributed by atoms with Crippen molar-refractivity contribution in [2.75, 3.05) is 5.32 Å². The highest BCUT2D eigenvalue weighted by atomic mass is 16.3. The number of para-hydroxylation sites is 1. The molecule has 7 nitrogen and oxygen atoms in total. The van der Waals surface area contributed by atoms with Gasteiger partial charge in [0.1, 0.15) is 11.5 Å². The Bertz CT molecular complexity index is 832. The number of nitrogens with zero attached hydrogens (tertiary/aromatic N) is 2. The van der Waals surface area contributed by atoms with Gasteiger partial charge < -0.3 is 15.1 Å². The normalized spacial score (nSPS) is 10.2. The van der Waals surface area contributed by atoms with E-state index in [4.69, 9.17) is 4.42 Å². The number of benzene rings is 1. The average Bonchev–Trinajstić information content (AvgIpc) is 3.14. The van der Waals surface area contributed by atoms with E-state index in [1.807, 2.05) is 0 Å². The predicted molar refractivity (Wildman–Crippen MR) is 86.3 cm³/mol. The smallest absolute Gasteiger partial charge is 0.275 e. The fourth-order valence-electron chi connectivity index (χ4n) is 2.07. The quantitative estimate of drug-likeness (QED) is 0.751. The Kier molecular flexibility index (Phi) is 4.62. The number of aromatic nitrogens is 2. The van der Waals surface area contributed by atoms with E-state index in [2.05, 4.69) is 20.6 Å². The molecule has 0 fully saturated rings. The van der Waals surface area contributed by atoms with Gasteiger partial charge in [0.05, 0.1) is 30.3 Å². The molecule has 7 heteroatoms. The van der Waals surface area contributed by atoms with Crippen molar-refractivity contribution in [3.63, 3.8) is 0 Å². The second-order valence-electron chi connectivity index (χ2n) is 4.85. The maximum atomic E-state index is 12.3. The van der Waals surface area contributed by atoms with Gasteiger partial charge in [-0.3, -0.25) is 14.6 Å². The van der Waals surface area contributed by atoms with Gasteiger partial charge in [0, 0.05) is 12.4 Å². The molecule has 3 rings (SSSR count). The number of anilines is 1. The summed E-state index contributed by atoms with van der Waals surface area (Å²) in [4.78, 5) is 32.3. The summed E-state index contributed by atoms with van der Waals surface area (Å²) in [7, 11) is 0. The van der Waals surface area contributed by atoms with E-state index in [0.29, 0.717) is 17.0 Å². The van der Waals surface area contributed by atoms with E-state index in [1.165, 1.54) is 24.9 Å². The molecule has 24 heavy (non-hydrogen) atoms. The van der Waals surface area contributed by atoms with E-state index in [0.717, 1.165) is 0 Å². The van der Waals surface area contributed by atoms with Crippen LogP contribution in [0.4, 0.5) is 5.69 Å². The van der Waals surface area contributed by atoms with Crippen LogP contribution in [0.1, 0.15) is 26.6 Å². The minimum atomic E-state index is -0.436. The minimum absolute atomic E-state index is 0.170. The van der Waals surface area contributed by atoms with Gasteiger partial charge >= 0.3 is 0 Å². The van der Waals surface area contributed by atoms with Crippen molar-refractivity contribution in [1.82, 2.24) is 15.3 Å². The number of hydrogen-bond donors (Lipinski definition) is 2. The Morgan fingerprint density at radius 1 is 1.04 bits per heavy atom. The lowest BCUT2D eigenvalue weighted by molar-refractivity contribution is 0.0949. The number of carbonyl (C=O) groups is 2. The minimum Gasteiger partial charge on any atom is -0.467 e. The third-order valence-electron chi connectivity index (χ3n) is 3.22. The second-order valence-corrected chi connectivity index (χ2v) is 4.85. The molecule has 0 aliphatic carbocycles. The van der Waals surface area contributed by atoms with E-state index >= 15 is 0 Å². The van der Waals surface area contributed by atoms with Crippen molar-refractivity contribution in [3.05, 3.63) is 78.3 Å². The summed E-state index contributed by atoms with van der Waals surface area (Å²) in [5.41, 5.74) is 0.912. The van der Waals surface area contributed by atoms with Crippen molar-refractivity contribution in [1.29, 1.82) is 0 Å². The molecule has 0 aliphatic rings. The highest BCUT2D eigenvalue weighted by Gasteiger charge is 2.14. The first kappa shape index (κ1) is 15.4. The van der Waals surface area contributed by atoms with Crippen LogP contribution in [0.3, 0.4) is 0 Å². The summed E-state index contributed by atoms with van der Waals surface area (Å²) in [5, 5.41) is 5.42. The van der Waals surface area contributed by atoms with Crippen molar-refractivity contribution in [2.45, 2.75) is 6.54 Å². The standard InChI is InChI=1S/C17H14N4O3/c22-16(20-10-12-4-3-9-24-12)13-5-1-2-6-14(13)21-17(23)15-11-18-7-8-19-15/h1-9,11H,10H2,(H,20,22)(H,21,23). The van der Waals surface area contributed by atoms with Gasteiger partial charge in [0.15, 0.2) is 0 Å². The van der Waals surface area contributed by atoms with E-state index in [9.17, 15) is 9.59 Å². The number of hydrogen-bond acceptors (Lipinski definition) is 5. The summed E-state index contributed by atoms with van der Waals surface area (Å²) in [6.45, 7) is 0.262. The van der Waals surface area contributed by atoms with E-state index in [-0.39, 0.29) is 18.1 Å². The number of amides is 2. The number of furan rings is 1. The van der Waals surface area contributed by atoms with Gasteiger partial charge in [-0.2, -0.15) is 0 Å². The third kappa shape index (κ3) is 3.64. The molecule has 0 aliphatic heterocycles. The molecule has 0 saturated carbocycles. The van der Waals surface area contributed by atoms with Gasteiger partial charge in [-0.15, -0.1) is 0 Å².